The molecular formula is C12H7F2N3O. The Hall–Kier alpha value is -2.50. The number of benzene rings is 1. The fourth-order valence-electron chi connectivity index (χ4n) is 1.60. The third-order valence-electron chi connectivity index (χ3n) is 2.44. The van der Waals surface area contributed by atoms with Gasteiger partial charge in [-0.2, -0.15) is 0 Å². The number of nitrogens with zero attached hydrogens (tertiary/aromatic N) is 2. The third kappa shape index (κ3) is 1.77. The minimum Gasteiger partial charge on any atom is -0.354 e. The van der Waals surface area contributed by atoms with Crippen LogP contribution in [0.1, 0.15) is 0 Å². The van der Waals surface area contributed by atoms with E-state index in [1.165, 1.54) is 0 Å². The number of halogens is 2. The average molecular weight is 247 g/mol. The van der Waals surface area contributed by atoms with Gasteiger partial charge in [0.1, 0.15) is 0 Å². The monoisotopic (exact) mass is 247 g/mol. The molecule has 0 unspecified atom stereocenters. The highest BCUT2D eigenvalue weighted by Crippen LogP contribution is 2.27. The molecule has 3 aromatic rings. The summed E-state index contributed by atoms with van der Waals surface area (Å²) >= 11 is 0. The zero-order valence-electron chi connectivity index (χ0n) is 9.02. The first kappa shape index (κ1) is 10.6. The third-order valence-corrected chi connectivity index (χ3v) is 2.44. The lowest BCUT2D eigenvalue weighted by molar-refractivity contribution is 0.455. The summed E-state index contributed by atoms with van der Waals surface area (Å²) in [7, 11) is 0. The topological polar surface area (TPSA) is 51.0 Å². The molecule has 18 heavy (non-hydrogen) atoms. The van der Waals surface area contributed by atoms with Crippen LogP contribution in [0.5, 0.6) is 0 Å². The molecule has 0 aliphatic heterocycles. The Morgan fingerprint density at radius 1 is 1.17 bits per heavy atom. The standard InChI is InChI=1S/C12H7F2N3O/c13-9-4-8-11(5-10(9)14)18-17-12(8)16-7-2-1-3-15-6-7/h1-6H,(H,16,17). The summed E-state index contributed by atoms with van der Waals surface area (Å²) in [6.07, 6.45) is 3.21. The predicted molar refractivity (Wildman–Crippen MR) is 61.4 cm³/mol. The first-order valence-electron chi connectivity index (χ1n) is 5.15. The molecule has 4 nitrogen and oxygen atoms in total. The number of nitrogens with one attached hydrogen (secondary N) is 1. The van der Waals surface area contributed by atoms with Crippen molar-refractivity contribution < 1.29 is 13.3 Å². The smallest absolute Gasteiger partial charge is 0.181 e. The van der Waals surface area contributed by atoms with E-state index in [2.05, 4.69) is 15.5 Å². The molecule has 0 bridgehead atoms. The summed E-state index contributed by atoms with van der Waals surface area (Å²) in [4.78, 5) is 3.92. The van der Waals surface area contributed by atoms with Gasteiger partial charge in [0.05, 0.1) is 17.3 Å². The van der Waals surface area contributed by atoms with Crippen LogP contribution in [0.4, 0.5) is 20.3 Å². The molecule has 0 aliphatic carbocycles. The molecule has 90 valence electrons. The van der Waals surface area contributed by atoms with Crippen LogP contribution in [0.15, 0.2) is 41.2 Å². The largest absolute Gasteiger partial charge is 0.354 e. The van der Waals surface area contributed by atoms with Crippen molar-refractivity contribution in [1.82, 2.24) is 10.1 Å². The maximum Gasteiger partial charge on any atom is 0.181 e. The fraction of sp³-hybridized carbons (Fsp3) is 0. The van der Waals surface area contributed by atoms with Crippen LogP contribution in [0.2, 0.25) is 0 Å². The van der Waals surface area contributed by atoms with Crippen LogP contribution < -0.4 is 5.32 Å². The van der Waals surface area contributed by atoms with Crippen molar-refractivity contribution in [3.05, 3.63) is 48.3 Å². The van der Waals surface area contributed by atoms with Gasteiger partial charge in [0.25, 0.3) is 0 Å². The molecule has 0 aliphatic rings. The number of fused-ring (bicyclic) bond motifs is 1. The van der Waals surface area contributed by atoms with E-state index in [9.17, 15) is 8.78 Å². The van der Waals surface area contributed by atoms with E-state index in [-0.39, 0.29) is 5.58 Å². The highest BCUT2D eigenvalue weighted by atomic mass is 19.2. The van der Waals surface area contributed by atoms with Crippen molar-refractivity contribution in [2.24, 2.45) is 0 Å². The van der Waals surface area contributed by atoms with Crippen molar-refractivity contribution in [1.29, 1.82) is 0 Å². The molecular weight excluding hydrogens is 240 g/mol. The lowest BCUT2D eigenvalue weighted by Crippen LogP contribution is -1.91. The first-order valence-corrected chi connectivity index (χ1v) is 5.15. The highest BCUT2D eigenvalue weighted by Gasteiger charge is 2.12. The van der Waals surface area contributed by atoms with E-state index in [1.54, 1.807) is 24.5 Å². The highest BCUT2D eigenvalue weighted by molar-refractivity contribution is 5.89. The van der Waals surface area contributed by atoms with Crippen molar-refractivity contribution >= 4 is 22.5 Å². The van der Waals surface area contributed by atoms with Crippen LogP contribution in [-0.4, -0.2) is 10.1 Å². The van der Waals surface area contributed by atoms with E-state index in [1.807, 2.05) is 0 Å². The van der Waals surface area contributed by atoms with Gasteiger partial charge >= 0.3 is 0 Å². The van der Waals surface area contributed by atoms with Crippen molar-refractivity contribution in [2.45, 2.75) is 0 Å². The number of aromatic nitrogens is 2. The zero-order chi connectivity index (χ0) is 12.5. The molecule has 2 heterocycles. The van der Waals surface area contributed by atoms with Crippen LogP contribution >= 0.6 is 0 Å². The zero-order valence-corrected chi connectivity index (χ0v) is 9.02. The lowest BCUT2D eigenvalue weighted by Gasteiger charge is -2.01. The SMILES string of the molecule is Fc1cc2onc(Nc3cccnc3)c2cc1F. The quantitative estimate of drug-likeness (QED) is 0.755. The summed E-state index contributed by atoms with van der Waals surface area (Å²) in [5.41, 5.74) is 0.859. The maximum absolute atomic E-state index is 13.2. The molecule has 3 rings (SSSR count). The predicted octanol–water partition coefficient (Wildman–Crippen LogP) is 3.24. The maximum atomic E-state index is 13.2. The minimum absolute atomic E-state index is 0.181. The van der Waals surface area contributed by atoms with Crippen molar-refractivity contribution in [3.63, 3.8) is 0 Å². The minimum atomic E-state index is -0.966. The Kier molecular flexibility index (Phi) is 2.40. The Balaban J connectivity index is 2.05. The van der Waals surface area contributed by atoms with Gasteiger partial charge in [-0.25, -0.2) is 8.78 Å². The molecule has 0 saturated heterocycles. The normalized spacial score (nSPS) is 10.8. The second-order valence-corrected chi connectivity index (χ2v) is 3.66. The van der Waals surface area contributed by atoms with E-state index >= 15 is 0 Å². The first-order chi connectivity index (χ1) is 8.74. The van der Waals surface area contributed by atoms with E-state index < -0.39 is 11.6 Å². The van der Waals surface area contributed by atoms with Gasteiger partial charge in [-0.05, 0) is 18.2 Å². The molecule has 0 radical (unpaired) electrons. The van der Waals surface area contributed by atoms with Crippen LogP contribution in [0.3, 0.4) is 0 Å². The summed E-state index contributed by atoms with van der Waals surface area (Å²) < 4.78 is 31.1. The molecule has 0 spiro atoms. The summed E-state index contributed by atoms with van der Waals surface area (Å²) in [6, 6.07) is 5.52. The summed E-state index contributed by atoms with van der Waals surface area (Å²) in [5.74, 6) is -1.59. The number of hydrogen-bond donors (Lipinski definition) is 1. The van der Waals surface area contributed by atoms with Crippen LogP contribution in [0.25, 0.3) is 11.0 Å². The second-order valence-electron chi connectivity index (χ2n) is 3.66. The molecule has 0 saturated carbocycles. The molecule has 0 fully saturated rings. The van der Waals surface area contributed by atoms with Gasteiger partial charge < -0.3 is 9.84 Å². The lowest BCUT2D eigenvalue weighted by atomic mass is 10.2. The van der Waals surface area contributed by atoms with Gasteiger partial charge in [0.2, 0.25) is 0 Å². The Bertz CT molecular complexity index is 697. The number of hydrogen-bond acceptors (Lipinski definition) is 4. The van der Waals surface area contributed by atoms with Gasteiger partial charge in [-0.1, -0.05) is 5.16 Å². The van der Waals surface area contributed by atoms with Crippen molar-refractivity contribution in [2.75, 3.05) is 5.32 Å². The van der Waals surface area contributed by atoms with Crippen LogP contribution in [-0.2, 0) is 0 Å². The molecule has 1 aromatic carbocycles. The van der Waals surface area contributed by atoms with Gasteiger partial charge in [0, 0.05) is 12.3 Å². The van der Waals surface area contributed by atoms with E-state index in [0.29, 0.717) is 16.9 Å². The molecule has 0 amide bonds. The number of pyridine rings is 1. The Morgan fingerprint density at radius 3 is 2.78 bits per heavy atom. The second kappa shape index (κ2) is 4.06. The van der Waals surface area contributed by atoms with E-state index in [0.717, 1.165) is 12.1 Å². The summed E-state index contributed by atoms with van der Waals surface area (Å²) in [6.45, 7) is 0. The number of rotatable bonds is 2. The Labute approximate surface area is 100 Å². The van der Waals surface area contributed by atoms with Gasteiger partial charge in [-0.3, -0.25) is 4.98 Å². The fourth-order valence-corrected chi connectivity index (χ4v) is 1.60. The van der Waals surface area contributed by atoms with Crippen molar-refractivity contribution in [3.8, 4) is 0 Å². The van der Waals surface area contributed by atoms with Crippen LogP contribution in [0, 0.1) is 11.6 Å². The molecule has 1 N–H and O–H groups in total. The molecule has 6 heteroatoms. The van der Waals surface area contributed by atoms with Gasteiger partial charge in [0.15, 0.2) is 23.0 Å². The van der Waals surface area contributed by atoms with E-state index in [4.69, 9.17) is 4.52 Å². The Morgan fingerprint density at radius 2 is 2.00 bits per heavy atom. The molecule has 0 atom stereocenters. The van der Waals surface area contributed by atoms with Gasteiger partial charge in [-0.15, -0.1) is 0 Å². The average Bonchev–Trinajstić information content (AvgIpc) is 2.74. The number of anilines is 2. The summed E-state index contributed by atoms with van der Waals surface area (Å²) in [5, 5.41) is 7.02. The molecule has 2 aromatic heterocycles.